The van der Waals surface area contributed by atoms with Gasteiger partial charge in [-0.15, -0.1) is 0 Å². The maximum atomic E-state index is 2.38. The Morgan fingerprint density at radius 2 is 0.697 bits per heavy atom. The molecule has 0 bridgehead atoms. The number of anilines is 3. The first-order valence-electron chi connectivity index (χ1n) is 22.7. The number of allylic oxidation sites excluding steroid dienone is 2. The van der Waals surface area contributed by atoms with Gasteiger partial charge in [0.05, 0.1) is 11.0 Å². The molecule has 0 aliphatic carbocycles. The maximum Gasteiger partial charge on any atom is 0.0541 e. The van der Waals surface area contributed by atoms with Crippen LogP contribution in [0.1, 0.15) is 19.4 Å². The first kappa shape index (κ1) is 41.5. The van der Waals surface area contributed by atoms with Crippen molar-refractivity contribution in [2.75, 3.05) is 4.90 Å². The zero-order valence-electron chi connectivity index (χ0n) is 37.3. The molecule has 1 aromatic heterocycles. The van der Waals surface area contributed by atoms with Crippen molar-refractivity contribution in [2.45, 2.75) is 13.8 Å². The molecular formula is C64H50N2. The second-order valence-electron chi connectivity index (χ2n) is 16.5. The van der Waals surface area contributed by atoms with Gasteiger partial charge >= 0.3 is 0 Å². The highest BCUT2D eigenvalue weighted by atomic mass is 15.1. The van der Waals surface area contributed by atoms with E-state index in [0.29, 0.717) is 0 Å². The molecular weight excluding hydrogens is 797 g/mol. The van der Waals surface area contributed by atoms with Crippen LogP contribution in [0.5, 0.6) is 0 Å². The number of para-hydroxylation sites is 2. The highest BCUT2D eigenvalue weighted by Crippen LogP contribution is 2.38. The zero-order valence-corrected chi connectivity index (χ0v) is 37.3. The molecule has 11 aromatic rings. The van der Waals surface area contributed by atoms with Crippen LogP contribution in [0, 0.1) is 0 Å². The number of rotatable bonds is 9. The summed E-state index contributed by atoms with van der Waals surface area (Å²) in [5.41, 5.74) is 19.2. The van der Waals surface area contributed by atoms with Crippen molar-refractivity contribution in [3.8, 4) is 50.2 Å². The van der Waals surface area contributed by atoms with Gasteiger partial charge in [0.1, 0.15) is 0 Å². The average molecular weight is 847 g/mol. The Morgan fingerprint density at radius 1 is 0.333 bits per heavy atom. The molecule has 0 N–H and O–H groups in total. The van der Waals surface area contributed by atoms with E-state index in [2.05, 4.69) is 284 Å². The Balaban J connectivity index is 0.000000455. The molecule has 0 aliphatic heterocycles. The van der Waals surface area contributed by atoms with Crippen LogP contribution in [0.15, 0.2) is 267 Å². The van der Waals surface area contributed by atoms with Crippen molar-refractivity contribution in [1.82, 2.24) is 4.57 Å². The fourth-order valence-corrected chi connectivity index (χ4v) is 8.85. The van der Waals surface area contributed by atoms with Crippen molar-refractivity contribution >= 4 is 44.4 Å². The van der Waals surface area contributed by atoms with Crippen molar-refractivity contribution in [3.05, 3.63) is 272 Å². The van der Waals surface area contributed by atoms with Crippen LogP contribution in [0.25, 0.3) is 77.6 Å². The van der Waals surface area contributed by atoms with Gasteiger partial charge in [-0.2, -0.15) is 0 Å². The molecule has 0 saturated carbocycles. The molecule has 0 fully saturated rings. The molecule has 0 aliphatic rings. The second-order valence-corrected chi connectivity index (χ2v) is 16.5. The van der Waals surface area contributed by atoms with E-state index in [1.165, 1.54) is 77.5 Å². The van der Waals surface area contributed by atoms with Crippen LogP contribution in [0.3, 0.4) is 0 Å². The van der Waals surface area contributed by atoms with Gasteiger partial charge in [0.25, 0.3) is 0 Å². The van der Waals surface area contributed by atoms with E-state index in [1.807, 2.05) is 6.07 Å². The second kappa shape index (κ2) is 19.1. The number of hydrogen-bond acceptors (Lipinski definition) is 1. The van der Waals surface area contributed by atoms with Crippen molar-refractivity contribution < 1.29 is 0 Å². The summed E-state index contributed by atoms with van der Waals surface area (Å²) in [4.78, 5) is 2.31. The minimum atomic E-state index is 1.11. The molecule has 0 unspecified atom stereocenters. The zero-order chi connectivity index (χ0) is 44.7. The van der Waals surface area contributed by atoms with Crippen molar-refractivity contribution in [2.24, 2.45) is 0 Å². The summed E-state index contributed by atoms with van der Waals surface area (Å²) >= 11 is 0. The van der Waals surface area contributed by atoms with Gasteiger partial charge in [-0.3, -0.25) is 0 Å². The van der Waals surface area contributed by atoms with Crippen LogP contribution in [0.2, 0.25) is 0 Å². The van der Waals surface area contributed by atoms with E-state index in [4.69, 9.17) is 0 Å². The number of benzene rings is 10. The van der Waals surface area contributed by atoms with Gasteiger partial charge in [-0.1, -0.05) is 200 Å². The van der Waals surface area contributed by atoms with Crippen molar-refractivity contribution in [1.29, 1.82) is 0 Å². The van der Waals surface area contributed by atoms with E-state index < -0.39 is 0 Å². The lowest BCUT2D eigenvalue weighted by molar-refractivity contribution is 1.18. The summed E-state index contributed by atoms with van der Waals surface area (Å²) in [7, 11) is 0. The third kappa shape index (κ3) is 8.73. The van der Waals surface area contributed by atoms with Crippen LogP contribution in [0.4, 0.5) is 17.1 Å². The Labute approximate surface area is 388 Å². The Kier molecular flexibility index (Phi) is 12.0. The van der Waals surface area contributed by atoms with Crippen molar-refractivity contribution in [3.63, 3.8) is 0 Å². The summed E-state index contributed by atoms with van der Waals surface area (Å²) in [5.74, 6) is 0. The van der Waals surface area contributed by atoms with Crippen LogP contribution in [-0.2, 0) is 0 Å². The minimum Gasteiger partial charge on any atom is -0.311 e. The molecule has 11 rings (SSSR count). The standard InChI is InChI=1S/C54H38N2.C10H12/c1-4-12-39(13-5-1)42-24-31-48(32-25-42)55(47-16-8-3-9-17-47)49-33-26-44(27-34-49)41-20-22-45(23-21-41)46-30-37-54-52(38-46)51-18-10-11-19-53(51)56(54)50-35-28-43(29-36-50)40-14-6-2-7-15-40;1-3-9(2)10-7-5-4-6-8-10/h1-38H;3-8H,1-2H3/b;9-3+. The number of aromatic nitrogens is 1. The van der Waals surface area contributed by atoms with E-state index in [1.54, 1.807) is 0 Å². The molecule has 316 valence electrons. The molecule has 1 heterocycles. The number of hydrogen-bond donors (Lipinski definition) is 0. The Morgan fingerprint density at radius 3 is 1.21 bits per heavy atom. The SMILES string of the molecule is C/C=C(\C)c1ccccc1.c1ccc(-c2ccc(N(c3ccccc3)c3ccc(-c4ccc(-c5ccc6c(c5)c5ccccc5n6-c5ccc(-c6ccccc6)cc5)cc4)cc3)cc2)cc1. The topological polar surface area (TPSA) is 8.17 Å². The normalized spacial score (nSPS) is 11.3. The summed E-state index contributed by atoms with van der Waals surface area (Å²) in [5, 5.41) is 2.51. The Hall–Kier alpha value is -8.46. The third-order valence-electron chi connectivity index (χ3n) is 12.5. The van der Waals surface area contributed by atoms with Gasteiger partial charge in [0, 0.05) is 33.5 Å². The molecule has 66 heavy (non-hydrogen) atoms. The highest BCUT2D eigenvalue weighted by molar-refractivity contribution is 6.10. The Bertz CT molecular complexity index is 3350. The smallest absolute Gasteiger partial charge is 0.0541 e. The predicted molar refractivity (Wildman–Crippen MR) is 283 cm³/mol. The van der Waals surface area contributed by atoms with Gasteiger partial charge in [-0.25, -0.2) is 0 Å². The minimum absolute atomic E-state index is 1.11. The molecule has 0 spiro atoms. The van der Waals surface area contributed by atoms with Gasteiger partial charge in [0.15, 0.2) is 0 Å². The van der Waals surface area contributed by atoms with Crippen LogP contribution < -0.4 is 4.90 Å². The fraction of sp³-hybridized carbons (Fsp3) is 0.0312. The molecule has 0 atom stereocenters. The number of nitrogens with zero attached hydrogens (tertiary/aromatic N) is 2. The fourth-order valence-electron chi connectivity index (χ4n) is 8.85. The first-order chi connectivity index (χ1) is 32.6. The lowest BCUT2D eigenvalue weighted by Gasteiger charge is -2.26. The summed E-state index contributed by atoms with van der Waals surface area (Å²) in [6, 6.07) is 93.3. The molecule has 2 heteroatoms. The molecule has 0 radical (unpaired) electrons. The molecule has 2 nitrogen and oxygen atoms in total. The van der Waals surface area contributed by atoms with Crippen LogP contribution >= 0.6 is 0 Å². The third-order valence-corrected chi connectivity index (χ3v) is 12.5. The molecule has 0 amide bonds. The predicted octanol–water partition coefficient (Wildman–Crippen LogP) is 18.0. The van der Waals surface area contributed by atoms with Gasteiger partial charge in [0.2, 0.25) is 0 Å². The van der Waals surface area contributed by atoms with E-state index in [0.717, 1.165) is 22.7 Å². The quantitative estimate of drug-likeness (QED) is 0.140. The summed E-state index contributed by atoms with van der Waals surface area (Å²) < 4.78 is 2.38. The monoisotopic (exact) mass is 846 g/mol. The lowest BCUT2D eigenvalue weighted by Crippen LogP contribution is -2.09. The maximum absolute atomic E-state index is 2.38. The number of fused-ring (bicyclic) bond motifs is 3. The summed E-state index contributed by atoms with van der Waals surface area (Å²) in [6.07, 6.45) is 2.12. The summed E-state index contributed by atoms with van der Waals surface area (Å²) in [6.45, 7) is 4.18. The lowest BCUT2D eigenvalue weighted by atomic mass is 9.98. The average Bonchev–Trinajstić information content (AvgIpc) is 3.74. The largest absolute Gasteiger partial charge is 0.311 e. The van der Waals surface area contributed by atoms with E-state index >= 15 is 0 Å². The van der Waals surface area contributed by atoms with E-state index in [-0.39, 0.29) is 0 Å². The van der Waals surface area contributed by atoms with Gasteiger partial charge < -0.3 is 9.47 Å². The molecule has 10 aromatic carbocycles. The first-order valence-corrected chi connectivity index (χ1v) is 22.7. The van der Waals surface area contributed by atoms with Gasteiger partial charge in [-0.05, 0) is 136 Å². The molecule has 0 saturated heterocycles. The van der Waals surface area contributed by atoms with Crippen LogP contribution in [-0.4, -0.2) is 4.57 Å². The highest BCUT2D eigenvalue weighted by Gasteiger charge is 2.15. The van der Waals surface area contributed by atoms with E-state index in [9.17, 15) is 0 Å².